The van der Waals surface area contributed by atoms with Gasteiger partial charge < -0.3 is 10.6 Å². The molecule has 1 aliphatic carbocycles. The molecule has 5 rings (SSSR count). The lowest BCUT2D eigenvalue weighted by molar-refractivity contribution is -0.254. The zero-order valence-electron chi connectivity index (χ0n) is 26.3. The summed E-state index contributed by atoms with van der Waals surface area (Å²) < 4.78 is 93.7. The molecule has 0 saturated carbocycles. The van der Waals surface area contributed by atoms with Gasteiger partial charge >= 0.3 is 17.8 Å². The first-order chi connectivity index (χ1) is 21.9. The molecule has 0 spiro atoms. The van der Waals surface area contributed by atoms with E-state index in [9.17, 15) is 9.59 Å². The molecule has 2 aromatic carbocycles. The van der Waals surface area contributed by atoms with Crippen molar-refractivity contribution in [2.24, 2.45) is 0 Å². The Labute approximate surface area is 276 Å². The lowest BCUT2D eigenvalue weighted by atomic mass is 9.94. The van der Waals surface area contributed by atoms with E-state index in [1.54, 1.807) is 38.1 Å². The average molecular weight is 691 g/mol. The van der Waals surface area contributed by atoms with Crippen molar-refractivity contribution in [3.63, 3.8) is 0 Å². The highest BCUT2D eigenvalue weighted by molar-refractivity contribution is 7.14. The lowest BCUT2D eigenvalue weighted by Crippen LogP contribution is -2.49. The molecule has 4 nitrogen and oxygen atoms in total. The fraction of sp³-hybridized carbons (Fsp3) is 0.314. The normalized spacial score (nSPS) is 17.8. The van der Waals surface area contributed by atoms with Gasteiger partial charge in [-0.2, -0.15) is 26.3 Å². The van der Waals surface area contributed by atoms with Crippen LogP contribution >= 0.6 is 22.7 Å². The van der Waals surface area contributed by atoms with Crippen LogP contribution in [0, 0.1) is 27.7 Å². The first kappa shape index (κ1) is 34.4. The van der Waals surface area contributed by atoms with E-state index in [0.717, 1.165) is 45.9 Å². The van der Waals surface area contributed by atoms with Crippen LogP contribution in [0.1, 0.15) is 88.4 Å². The Kier molecular flexibility index (Phi) is 9.00. The van der Waals surface area contributed by atoms with Crippen molar-refractivity contribution in [2.45, 2.75) is 71.4 Å². The van der Waals surface area contributed by atoms with E-state index < -0.39 is 73.7 Å². The fourth-order valence-corrected chi connectivity index (χ4v) is 7.41. The van der Waals surface area contributed by atoms with Crippen LogP contribution < -0.4 is 10.6 Å². The van der Waals surface area contributed by atoms with E-state index in [2.05, 4.69) is 10.6 Å². The molecule has 2 heterocycles. The van der Waals surface area contributed by atoms with Gasteiger partial charge in [0.05, 0.1) is 21.8 Å². The van der Waals surface area contributed by atoms with Crippen LogP contribution in [-0.2, 0) is 0 Å². The number of rotatable bonds is 8. The van der Waals surface area contributed by atoms with Gasteiger partial charge in [-0.05, 0) is 64.8 Å². The van der Waals surface area contributed by atoms with Crippen LogP contribution in [0.4, 0.5) is 26.3 Å². The van der Waals surface area contributed by atoms with E-state index in [1.165, 1.54) is 13.8 Å². The van der Waals surface area contributed by atoms with Crippen LogP contribution in [0.2, 0.25) is 0 Å². The molecule has 1 aliphatic rings. The average Bonchev–Trinajstić information content (AvgIpc) is 3.60. The van der Waals surface area contributed by atoms with Crippen LogP contribution in [0.15, 0.2) is 60.7 Å². The molecule has 0 fully saturated rings. The van der Waals surface area contributed by atoms with Crippen LogP contribution in [0.3, 0.4) is 0 Å². The van der Waals surface area contributed by atoms with Crippen molar-refractivity contribution in [2.75, 3.05) is 0 Å². The number of hydrogen-bond acceptors (Lipinski definition) is 4. The number of benzene rings is 2. The van der Waals surface area contributed by atoms with Gasteiger partial charge in [0.1, 0.15) is 0 Å². The largest absolute Gasteiger partial charge is 0.380 e. The molecular formula is C35H32F6N2O2S2. The van der Waals surface area contributed by atoms with Gasteiger partial charge in [0.15, 0.2) is 0 Å². The topological polar surface area (TPSA) is 58.2 Å². The summed E-state index contributed by atoms with van der Waals surface area (Å²) in [6.07, 6.45) is 0. The summed E-state index contributed by atoms with van der Waals surface area (Å²) in [5.74, 6) is -18.4. The molecule has 248 valence electrons. The molecule has 47 heavy (non-hydrogen) atoms. The van der Waals surface area contributed by atoms with Gasteiger partial charge in [-0.3, -0.25) is 9.59 Å². The molecular weight excluding hydrogens is 659 g/mol. The Morgan fingerprint density at radius 2 is 0.915 bits per heavy atom. The molecule has 0 aliphatic heterocycles. The number of hydrogen-bond donors (Lipinski definition) is 2. The molecule has 0 bridgehead atoms. The fourth-order valence-electron chi connectivity index (χ4n) is 5.57. The van der Waals surface area contributed by atoms with Gasteiger partial charge in [0, 0.05) is 32.0 Å². The Balaban J connectivity index is 1.63. The number of thiophene rings is 2. The number of carbonyl (C=O) groups is 2. The van der Waals surface area contributed by atoms with E-state index in [4.69, 9.17) is 0 Å². The molecule has 2 amide bonds. The molecule has 0 unspecified atom stereocenters. The minimum atomic E-state index is -5.86. The Bertz CT molecular complexity index is 1740. The number of aryl methyl sites for hydroxylation is 4. The molecule has 12 heteroatoms. The Morgan fingerprint density at radius 3 is 1.23 bits per heavy atom. The van der Waals surface area contributed by atoms with Gasteiger partial charge in [0.2, 0.25) is 0 Å². The summed E-state index contributed by atoms with van der Waals surface area (Å²) in [7, 11) is 0. The van der Waals surface area contributed by atoms with Crippen molar-refractivity contribution in [1.29, 1.82) is 0 Å². The standard InChI is InChI=1S/C35H32F6N2O2S2/c1-17-7-11-23(12-8-17)21(5)42-31(44)29-25(15-19(3)46-29)27-28(34(38,39)35(40,41)33(27,36)37)26-16-20(4)47-30(26)32(45)43-22(6)24-13-9-18(2)10-14-24/h7-16,21-22H,1-6H3,(H,42,44)(H,43,45)/t21-,22-/m1/s1. The highest BCUT2D eigenvalue weighted by Crippen LogP contribution is 2.65. The highest BCUT2D eigenvalue weighted by atomic mass is 32.1. The maximum atomic E-state index is 15.8. The monoisotopic (exact) mass is 690 g/mol. The molecule has 0 saturated heterocycles. The molecule has 4 aromatic rings. The number of alkyl halides is 6. The van der Waals surface area contributed by atoms with Gasteiger partial charge in [-0.25, -0.2) is 0 Å². The first-order valence-electron chi connectivity index (χ1n) is 14.7. The Morgan fingerprint density at radius 1 is 0.596 bits per heavy atom. The van der Waals surface area contributed by atoms with E-state index >= 15 is 26.3 Å². The summed E-state index contributed by atoms with van der Waals surface area (Å²) in [6.45, 7) is 9.96. The number of amides is 2. The van der Waals surface area contributed by atoms with Crippen molar-refractivity contribution < 1.29 is 35.9 Å². The maximum Gasteiger partial charge on any atom is 0.380 e. The minimum absolute atomic E-state index is 0.265. The zero-order valence-corrected chi connectivity index (χ0v) is 28.0. The van der Waals surface area contributed by atoms with Crippen molar-refractivity contribution in [3.05, 3.63) is 114 Å². The smallest absolute Gasteiger partial charge is 0.345 e. The van der Waals surface area contributed by atoms with Crippen LogP contribution in [-0.4, -0.2) is 29.6 Å². The Hall–Kier alpha value is -3.90. The SMILES string of the molecule is Cc1ccc([C@@H](C)NC(=O)c2sc(C)cc2C2=C(c3cc(C)sc3C(=O)N[C@H](C)c3ccc(C)cc3)C(F)(F)C(F)(F)C2(F)F)cc1. The predicted octanol–water partition coefficient (Wildman–Crippen LogP) is 9.86. The lowest BCUT2D eigenvalue weighted by Gasteiger charge is -2.26. The van der Waals surface area contributed by atoms with E-state index in [0.29, 0.717) is 11.1 Å². The molecule has 2 atom stereocenters. The summed E-state index contributed by atoms with van der Waals surface area (Å²) in [4.78, 5) is 26.7. The van der Waals surface area contributed by atoms with Gasteiger partial charge in [-0.15, -0.1) is 22.7 Å². The highest BCUT2D eigenvalue weighted by Gasteiger charge is 2.80. The van der Waals surface area contributed by atoms with E-state index in [-0.39, 0.29) is 9.75 Å². The second kappa shape index (κ2) is 12.3. The third kappa shape index (κ3) is 6.01. The summed E-state index contributed by atoms with van der Waals surface area (Å²) >= 11 is 1.45. The van der Waals surface area contributed by atoms with Crippen LogP contribution in [0.25, 0.3) is 11.1 Å². The zero-order chi connectivity index (χ0) is 34.6. The minimum Gasteiger partial charge on any atom is -0.345 e. The molecule has 0 radical (unpaired) electrons. The second-order valence-electron chi connectivity index (χ2n) is 11.9. The quantitative estimate of drug-likeness (QED) is 0.181. The predicted molar refractivity (Wildman–Crippen MR) is 174 cm³/mol. The van der Waals surface area contributed by atoms with Gasteiger partial charge in [-0.1, -0.05) is 59.7 Å². The van der Waals surface area contributed by atoms with Crippen molar-refractivity contribution in [3.8, 4) is 0 Å². The maximum absolute atomic E-state index is 15.8. The van der Waals surface area contributed by atoms with Gasteiger partial charge in [0.25, 0.3) is 11.8 Å². The van der Waals surface area contributed by atoms with Crippen LogP contribution in [0.5, 0.6) is 0 Å². The van der Waals surface area contributed by atoms with E-state index in [1.807, 2.05) is 38.1 Å². The number of allylic oxidation sites excluding steroid dienone is 2. The third-order valence-electron chi connectivity index (χ3n) is 8.18. The second-order valence-corrected chi connectivity index (χ2v) is 14.4. The summed E-state index contributed by atoms with van der Waals surface area (Å²) in [6, 6.07) is 15.1. The first-order valence-corrected chi connectivity index (χ1v) is 16.3. The number of halogens is 6. The molecule has 2 N–H and O–H groups in total. The molecule has 2 aromatic heterocycles. The van der Waals surface area contributed by atoms with Crippen molar-refractivity contribution >= 4 is 45.6 Å². The number of nitrogens with one attached hydrogen (secondary N) is 2. The number of carbonyl (C=O) groups excluding carboxylic acids is 2. The third-order valence-corrected chi connectivity index (χ3v) is 10.3. The summed E-state index contributed by atoms with van der Waals surface area (Å²) in [5.41, 5.74) is -1.52. The van der Waals surface area contributed by atoms with Crippen molar-refractivity contribution in [1.82, 2.24) is 10.6 Å². The summed E-state index contributed by atoms with van der Waals surface area (Å²) in [5, 5.41) is 5.35.